The number of nitrogens with zero attached hydrogens (tertiary/aromatic N) is 2. The highest BCUT2D eigenvalue weighted by Crippen LogP contribution is 2.43. The molecular formula is C29H37N3O2. The fourth-order valence-electron chi connectivity index (χ4n) is 5.38. The number of fused-ring (bicyclic) bond motifs is 1. The largest absolute Gasteiger partial charge is 0.326 e. The molecule has 1 unspecified atom stereocenters. The van der Waals surface area contributed by atoms with E-state index >= 15 is 0 Å². The van der Waals surface area contributed by atoms with Gasteiger partial charge < -0.3 is 10.2 Å². The van der Waals surface area contributed by atoms with E-state index in [2.05, 4.69) is 19.2 Å². The fourth-order valence-corrected chi connectivity index (χ4v) is 5.38. The van der Waals surface area contributed by atoms with Gasteiger partial charge >= 0.3 is 0 Å². The number of benzodiazepines with no additional fused rings is 1. The third kappa shape index (κ3) is 5.08. The van der Waals surface area contributed by atoms with Crippen LogP contribution in [0.2, 0.25) is 0 Å². The number of unbranched alkanes of at least 4 members (excludes halogenated alkanes) is 1. The molecule has 0 spiro atoms. The zero-order chi connectivity index (χ0) is 24.1. The predicted octanol–water partition coefficient (Wildman–Crippen LogP) is 5.72. The normalized spacial score (nSPS) is 19.5. The molecule has 2 aromatic rings. The van der Waals surface area contributed by atoms with Gasteiger partial charge in [-0.05, 0) is 31.2 Å². The molecule has 5 heteroatoms. The van der Waals surface area contributed by atoms with Crippen LogP contribution in [-0.2, 0) is 9.59 Å². The first-order valence-corrected chi connectivity index (χ1v) is 12.7. The van der Waals surface area contributed by atoms with Crippen molar-refractivity contribution in [3.05, 3.63) is 65.7 Å². The minimum atomic E-state index is -0.937. The van der Waals surface area contributed by atoms with Crippen molar-refractivity contribution in [1.29, 1.82) is 0 Å². The minimum Gasteiger partial charge on any atom is -0.326 e. The quantitative estimate of drug-likeness (QED) is 0.513. The molecule has 1 saturated carbocycles. The van der Waals surface area contributed by atoms with Crippen LogP contribution in [0.4, 0.5) is 5.69 Å². The standard InChI is InChI=1S/C29H37N3O2/c1-21(2)13-9-10-18-29(19-11-12-20-29)28(34)31-26-27(33)32(3)24-17-8-7-16-23(24)25(30-26)22-14-5-4-6-15-22/h4-8,14-17,21,26H,9-13,18-20H2,1-3H3,(H,31,34). The number of hydrogen-bond donors (Lipinski definition) is 1. The summed E-state index contributed by atoms with van der Waals surface area (Å²) in [6.07, 6.45) is 7.26. The third-order valence-corrected chi connectivity index (χ3v) is 7.39. The molecular weight excluding hydrogens is 422 g/mol. The summed E-state index contributed by atoms with van der Waals surface area (Å²) in [7, 11) is 1.76. The number of rotatable bonds is 8. The Labute approximate surface area is 203 Å². The Morgan fingerprint density at radius 3 is 2.44 bits per heavy atom. The molecule has 1 aliphatic heterocycles. The van der Waals surface area contributed by atoms with Crippen LogP contribution < -0.4 is 10.2 Å². The minimum absolute atomic E-state index is 0.0107. The van der Waals surface area contributed by atoms with Crippen molar-refractivity contribution < 1.29 is 9.59 Å². The van der Waals surface area contributed by atoms with E-state index in [0.717, 1.165) is 67.5 Å². The molecule has 1 atom stereocenters. The van der Waals surface area contributed by atoms with Crippen LogP contribution in [0.1, 0.15) is 76.3 Å². The van der Waals surface area contributed by atoms with Crippen molar-refractivity contribution in [2.75, 3.05) is 11.9 Å². The molecule has 1 heterocycles. The number of hydrogen-bond acceptors (Lipinski definition) is 3. The molecule has 2 amide bonds. The van der Waals surface area contributed by atoms with Crippen LogP contribution in [0.25, 0.3) is 0 Å². The van der Waals surface area contributed by atoms with Gasteiger partial charge in [0.25, 0.3) is 5.91 Å². The van der Waals surface area contributed by atoms with Crippen LogP contribution in [-0.4, -0.2) is 30.7 Å². The van der Waals surface area contributed by atoms with Crippen LogP contribution in [0.15, 0.2) is 59.6 Å². The molecule has 2 aliphatic rings. The zero-order valence-electron chi connectivity index (χ0n) is 20.7. The first kappa shape index (κ1) is 24.2. The molecule has 5 nitrogen and oxygen atoms in total. The van der Waals surface area contributed by atoms with E-state index in [0.29, 0.717) is 5.92 Å². The Bertz CT molecular complexity index is 1040. The van der Waals surface area contributed by atoms with Gasteiger partial charge in [0.05, 0.1) is 11.4 Å². The summed E-state index contributed by atoms with van der Waals surface area (Å²) in [5.41, 5.74) is 2.98. The van der Waals surface area contributed by atoms with E-state index in [4.69, 9.17) is 4.99 Å². The monoisotopic (exact) mass is 459 g/mol. The summed E-state index contributed by atoms with van der Waals surface area (Å²) >= 11 is 0. The second-order valence-electron chi connectivity index (χ2n) is 10.3. The Balaban J connectivity index is 1.62. The molecule has 1 fully saturated rings. The van der Waals surface area contributed by atoms with Gasteiger partial charge in [0.1, 0.15) is 0 Å². The van der Waals surface area contributed by atoms with Crippen LogP contribution >= 0.6 is 0 Å². The van der Waals surface area contributed by atoms with Gasteiger partial charge in [0.2, 0.25) is 12.1 Å². The van der Waals surface area contributed by atoms with Crippen LogP contribution in [0, 0.1) is 11.3 Å². The summed E-state index contributed by atoms with van der Waals surface area (Å²) in [5.74, 6) is 0.461. The summed E-state index contributed by atoms with van der Waals surface area (Å²) in [4.78, 5) is 33.7. The average molecular weight is 460 g/mol. The summed E-state index contributed by atoms with van der Waals surface area (Å²) in [5, 5.41) is 3.09. The topological polar surface area (TPSA) is 61.8 Å². The SMILES string of the molecule is CC(C)CCCCC1(C(=O)NC2N=C(c3ccccc3)c3ccccc3N(C)C2=O)CCCC1. The van der Waals surface area contributed by atoms with Gasteiger partial charge in [-0.25, -0.2) is 4.99 Å². The molecule has 1 N–H and O–H groups in total. The maximum Gasteiger partial charge on any atom is 0.272 e. The number of carbonyl (C=O) groups is 2. The molecule has 1 aliphatic carbocycles. The van der Waals surface area contributed by atoms with Crippen molar-refractivity contribution in [3.8, 4) is 0 Å². The second-order valence-corrected chi connectivity index (χ2v) is 10.3. The van der Waals surface area contributed by atoms with Gasteiger partial charge in [-0.15, -0.1) is 0 Å². The number of aliphatic imine (C=N–C) groups is 1. The summed E-state index contributed by atoms with van der Waals surface area (Å²) in [6, 6.07) is 17.7. The van der Waals surface area contributed by atoms with Crippen LogP contribution in [0.3, 0.4) is 0 Å². The highest BCUT2D eigenvalue weighted by atomic mass is 16.2. The Morgan fingerprint density at radius 1 is 1.06 bits per heavy atom. The van der Waals surface area contributed by atoms with Gasteiger partial charge in [-0.3, -0.25) is 9.59 Å². The van der Waals surface area contributed by atoms with E-state index < -0.39 is 6.17 Å². The second kappa shape index (κ2) is 10.5. The van der Waals surface area contributed by atoms with Crippen molar-refractivity contribution in [1.82, 2.24) is 5.32 Å². The van der Waals surface area contributed by atoms with Crippen LogP contribution in [0.5, 0.6) is 0 Å². The lowest BCUT2D eigenvalue weighted by molar-refractivity contribution is -0.134. The average Bonchev–Trinajstić information content (AvgIpc) is 3.30. The molecule has 180 valence electrons. The highest BCUT2D eigenvalue weighted by Gasteiger charge is 2.42. The van der Waals surface area contributed by atoms with E-state index in [-0.39, 0.29) is 17.2 Å². The Kier molecular flexibility index (Phi) is 7.50. The van der Waals surface area contributed by atoms with Gasteiger partial charge in [-0.1, -0.05) is 94.5 Å². The van der Waals surface area contributed by atoms with E-state index in [1.165, 1.54) is 6.42 Å². The van der Waals surface area contributed by atoms with Gasteiger partial charge in [-0.2, -0.15) is 0 Å². The number of carbonyl (C=O) groups excluding carboxylic acids is 2. The molecule has 34 heavy (non-hydrogen) atoms. The maximum absolute atomic E-state index is 13.7. The molecule has 0 bridgehead atoms. The van der Waals surface area contributed by atoms with E-state index in [9.17, 15) is 9.59 Å². The summed E-state index contributed by atoms with van der Waals surface area (Å²) in [6.45, 7) is 4.49. The highest BCUT2D eigenvalue weighted by molar-refractivity contribution is 6.20. The van der Waals surface area contributed by atoms with Crippen molar-refractivity contribution >= 4 is 23.2 Å². The zero-order valence-corrected chi connectivity index (χ0v) is 20.7. The van der Waals surface area contributed by atoms with E-state index in [1.54, 1.807) is 11.9 Å². The lowest BCUT2D eigenvalue weighted by atomic mass is 9.79. The first-order chi connectivity index (χ1) is 16.4. The van der Waals surface area contributed by atoms with Crippen molar-refractivity contribution in [2.24, 2.45) is 16.3 Å². The number of benzene rings is 2. The molecule has 0 saturated heterocycles. The van der Waals surface area contributed by atoms with Crippen molar-refractivity contribution in [3.63, 3.8) is 0 Å². The lowest BCUT2D eigenvalue weighted by Gasteiger charge is -2.30. The van der Waals surface area contributed by atoms with E-state index in [1.807, 2.05) is 54.6 Å². The fraction of sp³-hybridized carbons (Fsp3) is 0.483. The maximum atomic E-state index is 13.7. The number of para-hydroxylation sites is 1. The predicted molar refractivity (Wildman–Crippen MR) is 138 cm³/mol. The smallest absolute Gasteiger partial charge is 0.272 e. The molecule has 0 aromatic heterocycles. The number of anilines is 1. The first-order valence-electron chi connectivity index (χ1n) is 12.7. The van der Waals surface area contributed by atoms with Gasteiger partial charge in [0.15, 0.2) is 0 Å². The summed E-state index contributed by atoms with van der Waals surface area (Å²) < 4.78 is 0. The third-order valence-electron chi connectivity index (χ3n) is 7.39. The van der Waals surface area contributed by atoms with Gasteiger partial charge in [0, 0.05) is 23.6 Å². The number of nitrogens with one attached hydrogen (secondary N) is 1. The molecule has 0 radical (unpaired) electrons. The Morgan fingerprint density at radius 2 is 1.74 bits per heavy atom. The molecule has 2 aromatic carbocycles. The molecule has 4 rings (SSSR count). The lowest BCUT2D eigenvalue weighted by Crippen LogP contribution is -2.50. The van der Waals surface area contributed by atoms with Crippen molar-refractivity contribution in [2.45, 2.75) is 71.4 Å². The Hall–Kier alpha value is -2.95. The number of amides is 2. The number of likely N-dealkylation sites (N-methyl/N-ethyl adjacent to an activating group) is 1.